The lowest BCUT2D eigenvalue weighted by atomic mass is 9.90. The van der Waals surface area contributed by atoms with Gasteiger partial charge in [-0.15, -0.1) is 0 Å². The van der Waals surface area contributed by atoms with Crippen molar-refractivity contribution in [3.8, 4) is 0 Å². The van der Waals surface area contributed by atoms with Crippen LogP contribution in [-0.4, -0.2) is 37.4 Å². The molecule has 2 aromatic carbocycles. The molecule has 2 aliphatic rings. The quantitative estimate of drug-likeness (QED) is 0.472. The Morgan fingerprint density at radius 2 is 1.68 bits per heavy atom. The molecule has 1 saturated heterocycles. The van der Waals surface area contributed by atoms with E-state index in [0.29, 0.717) is 19.4 Å². The van der Waals surface area contributed by atoms with Crippen LogP contribution in [0.1, 0.15) is 43.2 Å². The molecule has 1 fully saturated rings. The average molecular weight is 480 g/mol. The van der Waals surface area contributed by atoms with Gasteiger partial charge in [-0.2, -0.15) is 4.31 Å². The van der Waals surface area contributed by atoms with Gasteiger partial charge >= 0.3 is 5.97 Å². The molecule has 5 nitrogen and oxygen atoms in total. The normalized spacial score (nSPS) is 21.8. The number of aryl methyl sites for hydroxylation is 1. The van der Waals surface area contributed by atoms with E-state index in [1.165, 1.54) is 9.87 Å². The molecular formula is C28H33NO4S. The molecule has 0 N–H and O–H groups in total. The van der Waals surface area contributed by atoms with Crippen LogP contribution in [0.3, 0.4) is 0 Å². The first-order chi connectivity index (χ1) is 16.5. The first kappa shape index (κ1) is 24.4. The molecule has 4 rings (SSSR count). The van der Waals surface area contributed by atoms with E-state index in [1.54, 1.807) is 12.1 Å². The highest BCUT2D eigenvalue weighted by Gasteiger charge is 2.39. The molecule has 1 aliphatic carbocycles. The van der Waals surface area contributed by atoms with Crippen molar-refractivity contribution >= 4 is 16.0 Å². The summed E-state index contributed by atoms with van der Waals surface area (Å²) in [5.74, 6) is -0.432. The lowest BCUT2D eigenvalue weighted by Gasteiger charge is -2.35. The van der Waals surface area contributed by atoms with Crippen LogP contribution < -0.4 is 0 Å². The number of rotatable bonds is 9. The van der Waals surface area contributed by atoms with E-state index in [4.69, 9.17) is 4.74 Å². The van der Waals surface area contributed by atoms with Crippen molar-refractivity contribution in [1.29, 1.82) is 0 Å². The predicted octanol–water partition coefficient (Wildman–Crippen LogP) is 5.05. The largest absolute Gasteiger partial charge is 0.461 e. The Balaban J connectivity index is 1.48. The molecule has 3 atom stereocenters. The summed E-state index contributed by atoms with van der Waals surface area (Å²) >= 11 is 0. The maximum absolute atomic E-state index is 13.4. The van der Waals surface area contributed by atoms with Gasteiger partial charge in [-0.25, -0.2) is 8.42 Å². The standard InChI is InChI=1S/C28H33NO4S/c30-28(26-18-10-11-21-29(26)34(31,32)22-24-14-6-2-7-15-24)33-27(25-16-8-3-9-17-25)20-19-23-12-4-1-5-13-23/h1-9,12-16,25-27H,10-11,17-22H2. The van der Waals surface area contributed by atoms with Crippen molar-refractivity contribution in [3.05, 3.63) is 96.1 Å². The van der Waals surface area contributed by atoms with E-state index >= 15 is 0 Å². The average Bonchev–Trinajstić information content (AvgIpc) is 2.88. The van der Waals surface area contributed by atoms with Gasteiger partial charge in [0.15, 0.2) is 0 Å². The van der Waals surface area contributed by atoms with Gasteiger partial charge in [0.1, 0.15) is 12.1 Å². The van der Waals surface area contributed by atoms with Crippen molar-refractivity contribution in [2.75, 3.05) is 6.54 Å². The molecule has 2 aromatic rings. The number of ether oxygens (including phenoxy) is 1. The molecule has 0 radical (unpaired) electrons. The summed E-state index contributed by atoms with van der Waals surface area (Å²) in [6, 6.07) is 18.5. The monoisotopic (exact) mass is 479 g/mol. The van der Waals surface area contributed by atoms with Gasteiger partial charge in [-0.05, 0) is 49.7 Å². The molecule has 1 heterocycles. The van der Waals surface area contributed by atoms with Crippen LogP contribution >= 0.6 is 0 Å². The van der Waals surface area contributed by atoms with Crippen molar-refractivity contribution < 1.29 is 17.9 Å². The van der Waals surface area contributed by atoms with Crippen LogP contribution in [0.5, 0.6) is 0 Å². The molecule has 1 aliphatic heterocycles. The second-order valence-corrected chi connectivity index (χ2v) is 11.0. The number of allylic oxidation sites excluding steroid dienone is 3. The summed E-state index contributed by atoms with van der Waals surface area (Å²) in [6.07, 6.45) is 12.3. The van der Waals surface area contributed by atoms with Crippen LogP contribution in [0.25, 0.3) is 0 Å². The molecule has 3 unspecified atom stereocenters. The van der Waals surface area contributed by atoms with E-state index in [9.17, 15) is 13.2 Å². The Hall–Kier alpha value is -2.70. The van der Waals surface area contributed by atoms with E-state index in [-0.39, 0.29) is 17.8 Å². The van der Waals surface area contributed by atoms with Crippen LogP contribution in [-0.2, 0) is 31.7 Å². The fourth-order valence-corrected chi connectivity index (χ4v) is 6.52. The minimum Gasteiger partial charge on any atom is -0.461 e. The van der Waals surface area contributed by atoms with Gasteiger partial charge in [0.25, 0.3) is 0 Å². The van der Waals surface area contributed by atoms with Gasteiger partial charge < -0.3 is 4.74 Å². The summed E-state index contributed by atoms with van der Waals surface area (Å²) < 4.78 is 34.0. The molecule has 0 saturated carbocycles. The summed E-state index contributed by atoms with van der Waals surface area (Å²) in [4.78, 5) is 13.4. The highest BCUT2D eigenvalue weighted by molar-refractivity contribution is 7.88. The van der Waals surface area contributed by atoms with E-state index in [0.717, 1.165) is 31.2 Å². The number of hydrogen-bond acceptors (Lipinski definition) is 4. The van der Waals surface area contributed by atoms with Crippen molar-refractivity contribution in [2.24, 2.45) is 5.92 Å². The summed E-state index contributed by atoms with van der Waals surface area (Å²) in [5, 5.41) is 0. The Bertz CT molecular complexity index is 1100. The van der Waals surface area contributed by atoms with Crippen LogP contribution in [0.15, 0.2) is 85.0 Å². The summed E-state index contributed by atoms with van der Waals surface area (Å²) in [7, 11) is -3.64. The number of carbonyl (C=O) groups is 1. The molecule has 0 spiro atoms. The fraction of sp³-hybridized carbons (Fsp3) is 0.393. The SMILES string of the molecule is O=C(OC(CCc1ccccc1)C1C=CC=CC1)C1CCCCN1S(=O)(=O)Cc1ccccc1. The van der Waals surface area contributed by atoms with Crippen molar-refractivity contribution in [1.82, 2.24) is 4.31 Å². The van der Waals surface area contributed by atoms with Crippen LogP contribution in [0.4, 0.5) is 0 Å². The maximum atomic E-state index is 13.4. The Morgan fingerprint density at radius 3 is 2.35 bits per heavy atom. The molecule has 34 heavy (non-hydrogen) atoms. The molecule has 0 amide bonds. The van der Waals surface area contributed by atoms with Gasteiger partial charge in [0, 0.05) is 12.5 Å². The Labute approximate surface area is 203 Å². The molecule has 6 heteroatoms. The molecule has 180 valence electrons. The van der Waals surface area contributed by atoms with Gasteiger partial charge in [0.2, 0.25) is 10.0 Å². The number of carbonyl (C=O) groups excluding carboxylic acids is 1. The van der Waals surface area contributed by atoms with Gasteiger partial charge in [0.05, 0.1) is 5.75 Å². The maximum Gasteiger partial charge on any atom is 0.324 e. The number of piperidine rings is 1. The Morgan fingerprint density at radius 1 is 0.971 bits per heavy atom. The summed E-state index contributed by atoms with van der Waals surface area (Å²) in [6.45, 7) is 0.357. The highest BCUT2D eigenvalue weighted by Crippen LogP contribution is 2.28. The van der Waals surface area contributed by atoms with E-state index < -0.39 is 22.0 Å². The van der Waals surface area contributed by atoms with Crippen LogP contribution in [0.2, 0.25) is 0 Å². The third kappa shape index (κ3) is 6.45. The molecule has 0 bridgehead atoms. The zero-order valence-corrected chi connectivity index (χ0v) is 20.3. The fourth-order valence-electron chi connectivity index (χ4n) is 4.76. The van der Waals surface area contributed by atoms with Crippen LogP contribution in [0, 0.1) is 5.92 Å². The van der Waals surface area contributed by atoms with E-state index in [2.05, 4.69) is 24.3 Å². The number of sulfonamides is 1. The Kier molecular flexibility index (Phi) is 8.35. The minimum atomic E-state index is -3.64. The first-order valence-electron chi connectivity index (χ1n) is 12.1. The van der Waals surface area contributed by atoms with Crippen molar-refractivity contribution in [3.63, 3.8) is 0 Å². The lowest BCUT2D eigenvalue weighted by Crippen LogP contribution is -2.50. The number of esters is 1. The number of benzene rings is 2. The predicted molar refractivity (Wildman–Crippen MR) is 134 cm³/mol. The highest BCUT2D eigenvalue weighted by atomic mass is 32.2. The first-order valence-corrected chi connectivity index (χ1v) is 13.7. The molecule has 0 aromatic heterocycles. The smallest absolute Gasteiger partial charge is 0.324 e. The van der Waals surface area contributed by atoms with E-state index in [1.807, 2.05) is 48.6 Å². The number of hydrogen-bond donors (Lipinski definition) is 0. The third-order valence-electron chi connectivity index (χ3n) is 6.59. The second-order valence-electron chi connectivity index (χ2n) is 9.08. The summed E-state index contributed by atoms with van der Waals surface area (Å²) in [5.41, 5.74) is 1.92. The third-order valence-corrected chi connectivity index (χ3v) is 8.44. The van der Waals surface area contributed by atoms with Gasteiger partial charge in [-0.3, -0.25) is 4.79 Å². The second kappa shape index (κ2) is 11.6. The zero-order valence-electron chi connectivity index (χ0n) is 19.5. The minimum absolute atomic E-state index is 0.0932. The molecular weight excluding hydrogens is 446 g/mol. The zero-order chi connectivity index (χ0) is 23.8. The topological polar surface area (TPSA) is 63.7 Å². The van der Waals surface area contributed by atoms with Crippen molar-refractivity contribution in [2.45, 2.75) is 56.4 Å². The lowest BCUT2D eigenvalue weighted by molar-refractivity contribution is -0.157. The number of nitrogens with zero attached hydrogens (tertiary/aromatic N) is 1. The van der Waals surface area contributed by atoms with Gasteiger partial charge in [-0.1, -0.05) is 85.0 Å².